The van der Waals surface area contributed by atoms with Crippen molar-refractivity contribution in [2.24, 2.45) is 0 Å². The summed E-state index contributed by atoms with van der Waals surface area (Å²) in [7, 11) is 0. The van der Waals surface area contributed by atoms with E-state index in [9.17, 15) is 14.4 Å². The molecule has 0 unspecified atom stereocenters. The molecule has 4 rings (SSSR count). The van der Waals surface area contributed by atoms with E-state index in [-0.39, 0.29) is 5.57 Å². The van der Waals surface area contributed by atoms with Crippen LogP contribution in [0.5, 0.6) is 0 Å². The highest BCUT2D eigenvalue weighted by Crippen LogP contribution is 2.29. The van der Waals surface area contributed by atoms with E-state index in [4.69, 9.17) is 5.10 Å². The van der Waals surface area contributed by atoms with Crippen molar-refractivity contribution in [3.05, 3.63) is 77.0 Å². The molecular formula is C22H18N4O3. The van der Waals surface area contributed by atoms with Crippen LogP contribution < -0.4 is 10.6 Å². The lowest BCUT2D eigenvalue weighted by Crippen LogP contribution is -2.51. The summed E-state index contributed by atoms with van der Waals surface area (Å²) in [6.07, 6.45) is 3.22. The van der Waals surface area contributed by atoms with E-state index in [0.29, 0.717) is 11.3 Å². The topological polar surface area (TPSA) is 93.1 Å². The fraction of sp³-hybridized carbons (Fsp3) is 0.0909. The molecule has 7 nitrogen and oxygen atoms in total. The standard InChI is InChI=1S/C22H18N4O3/c1-13-8-9-14(2)17(10-13)19-15(11-18-20(27)23-22(29)24-21(18)28)12-26(25-19)16-6-4-3-5-7-16/h3-12H,1-2H3,(H2,23,24,27,28,29). The maximum atomic E-state index is 12.2. The number of aromatic nitrogens is 2. The van der Waals surface area contributed by atoms with E-state index in [2.05, 4.69) is 10.6 Å². The molecule has 2 N–H and O–H groups in total. The van der Waals surface area contributed by atoms with Crippen molar-refractivity contribution < 1.29 is 14.4 Å². The molecule has 1 aromatic heterocycles. The minimum Gasteiger partial charge on any atom is -0.273 e. The van der Waals surface area contributed by atoms with Crippen molar-refractivity contribution in [1.82, 2.24) is 20.4 Å². The van der Waals surface area contributed by atoms with Crippen molar-refractivity contribution in [3.63, 3.8) is 0 Å². The monoisotopic (exact) mass is 386 g/mol. The molecule has 144 valence electrons. The zero-order valence-corrected chi connectivity index (χ0v) is 15.9. The van der Waals surface area contributed by atoms with Crippen LogP contribution in [-0.2, 0) is 9.59 Å². The first-order valence-electron chi connectivity index (χ1n) is 9.03. The number of barbiturate groups is 1. The second kappa shape index (κ2) is 7.20. The van der Waals surface area contributed by atoms with Crippen molar-refractivity contribution in [3.8, 4) is 16.9 Å². The quantitative estimate of drug-likeness (QED) is 0.535. The van der Waals surface area contributed by atoms with Crippen LogP contribution in [0.1, 0.15) is 16.7 Å². The van der Waals surface area contributed by atoms with Crippen LogP contribution in [0, 0.1) is 13.8 Å². The molecule has 29 heavy (non-hydrogen) atoms. The summed E-state index contributed by atoms with van der Waals surface area (Å²) in [6.45, 7) is 3.97. The molecule has 1 saturated heterocycles. The number of amides is 4. The van der Waals surface area contributed by atoms with Crippen LogP contribution in [0.4, 0.5) is 4.79 Å². The fourth-order valence-corrected chi connectivity index (χ4v) is 3.17. The van der Waals surface area contributed by atoms with E-state index in [1.807, 2.05) is 62.4 Å². The van der Waals surface area contributed by atoms with Gasteiger partial charge >= 0.3 is 6.03 Å². The third-order valence-corrected chi connectivity index (χ3v) is 4.65. The maximum absolute atomic E-state index is 12.2. The average Bonchev–Trinajstić information content (AvgIpc) is 3.11. The summed E-state index contributed by atoms with van der Waals surface area (Å²) in [5.41, 5.74) is 4.91. The van der Waals surface area contributed by atoms with Gasteiger partial charge in [-0.05, 0) is 43.7 Å². The predicted octanol–water partition coefficient (Wildman–Crippen LogP) is 2.91. The Morgan fingerprint density at radius 2 is 1.62 bits per heavy atom. The van der Waals surface area contributed by atoms with Gasteiger partial charge < -0.3 is 0 Å². The van der Waals surface area contributed by atoms with Gasteiger partial charge in [0.05, 0.1) is 5.69 Å². The van der Waals surface area contributed by atoms with Gasteiger partial charge in [-0.1, -0.05) is 35.9 Å². The number of hydrogen-bond donors (Lipinski definition) is 2. The number of benzene rings is 2. The van der Waals surface area contributed by atoms with Crippen LogP contribution in [-0.4, -0.2) is 27.6 Å². The van der Waals surface area contributed by atoms with Gasteiger partial charge in [-0.25, -0.2) is 9.48 Å². The second-order valence-electron chi connectivity index (χ2n) is 6.83. The molecule has 1 aliphatic rings. The van der Waals surface area contributed by atoms with Crippen LogP contribution in [0.15, 0.2) is 60.3 Å². The Kier molecular flexibility index (Phi) is 4.56. The molecule has 0 spiro atoms. The molecule has 2 heterocycles. The number of carbonyl (C=O) groups is 3. The zero-order valence-electron chi connectivity index (χ0n) is 15.9. The van der Waals surface area contributed by atoms with E-state index < -0.39 is 17.8 Å². The van der Waals surface area contributed by atoms with Gasteiger partial charge in [-0.15, -0.1) is 0 Å². The fourth-order valence-electron chi connectivity index (χ4n) is 3.17. The highest BCUT2D eigenvalue weighted by molar-refractivity contribution is 6.31. The first-order chi connectivity index (χ1) is 13.9. The summed E-state index contributed by atoms with van der Waals surface area (Å²) in [5.74, 6) is -1.48. The summed E-state index contributed by atoms with van der Waals surface area (Å²) in [4.78, 5) is 35.7. The van der Waals surface area contributed by atoms with Gasteiger partial charge in [0.1, 0.15) is 11.3 Å². The molecule has 0 atom stereocenters. The molecular weight excluding hydrogens is 368 g/mol. The van der Waals surface area contributed by atoms with Gasteiger partial charge in [-0.3, -0.25) is 20.2 Å². The smallest absolute Gasteiger partial charge is 0.273 e. The number of para-hydroxylation sites is 1. The van der Waals surface area contributed by atoms with Crippen LogP contribution >= 0.6 is 0 Å². The number of urea groups is 1. The van der Waals surface area contributed by atoms with Crippen molar-refractivity contribution in [2.75, 3.05) is 0 Å². The Hall–Kier alpha value is -4.00. The largest absolute Gasteiger partial charge is 0.328 e. The average molecular weight is 386 g/mol. The number of carbonyl (C=O) groups excluding carboxylic acids is 3. The molecule has 0 aliphatic carbocycles. The first kappa shape index (κ1) is 18.4. The van der Waals surface area contributed by atoms with Gasteiger partial charge in [0.25, 0.3) is 11.8 Å². The molecule has 0 saturated carbocycles. The lowest BCUT2D eigenvalue weighted by Gasteiger charge is -2.14. The first-order valence-corrected chi connectivity index (χ1v) is 9.03. The predicted molar refractivity (Wildman–Crippen MR) is 108 cm³/mol. The maximum Gasteiger partial charge on any atom is 0.328 e. The molecule has 4 amide bonds. The lowest BCUT2D eigenvalue weighted by molar-refractivity contribution is -0.123. The number of imide groups is 2. The van der Waals surface area contributed by atoms with Crippen LogP contribution in [0.25, 0.3) is 23.0 Å². The summed E-state index contributed by atoms with van der Waals surface area (Å²) in [5, 5.41) is 8.91. The highest BCUT2D eigenvalue weighted by atomic mass is 16.2. The molecule has 1 fully saturated rings. The highest BCUT2D eigenvalue weighted by Gasteiger charge is 2.28. The van der Waals surface area contributed by atoms with E-state index in [1.54, 1.807) is 10.9 Å². The van der Waals surface area contributed by atoms with Gasteiger partial charge in [0.15, 0.2) is 0 Å². The summed E-state index contributed by atoms with van der Waals surface area (Å²) >= 11 is 0. The minimum atomic E-state index is -0.827. The van der Waals surface area contributed by atoms with Crippen molar-refractivity contribution >= 4 is 23.9 Å². The molecule has 0 radical (unpaired) electrons. The van der Waals surface area contributed by atoms with Crippen LogP contribution in [0.3, 0.4) is 0 Å². The number of nitrogens with one attached hydrogen (secondary N) is 2. The van der Waals surface area contributed by atoms with Crippen LogP contribution in [0.2, 0.25) is 0 Å². The van der Waals surface area contributed by atoms with Gasteiger partial charge in [0.2, 0.25) is 0 Å². The van der Waals surface area contributed by atoms with E-state index >= 15 is 0 Å². The Morgan fingerprint density at radius 1 is 0.931 bits per heavy atom. The van der Waals surface area contributed by atoms with E-state index in [0.717, 1.165) is 22.4 Å². The normalized spacial score (nSPS) is 13.9. The number of nitrogens with zero attached hydrogens (tertiary/aromatic N) is 2. The number of hydrogen-bond acceptors (Lipinski definition) is 4. The third kappa shape index (κ3) is 3.58. The van der Waals surface area contributed by atoms with E-state index in [1.165, 1.54) is 6.08 Å². The van der Waals surface area contributed by atoms with Crippen molar-refractivity contribution in [1.29, 1.82) is 0 Å². The van der Waals surface area contributed by atoms with Gasteiger partial charge in [0, 0.05) is 17.3 Å². The van der Waals surface area contributed by atoms with Gasteiger partial charge in [-0.2, -0.15) is 5.10 Å². The third-order valence-electron chi connectivity index (χ3n) is 4.65. The summed E-state index contributed by atoms with van der Waals surface area (Å²) < 4.78 is 1.70. The Bertz CT molecular complexity index is 1150. The SMILES string of the molecule is Cc1ccc(C)c(-c2nn(-c3ccccc3)cc2C=C2C(=O)NC(=O)NC2=O)c1. The number of aryl methyl sites for hydroxylation is 2. The van der Waals surface area contributed by atoms with Crippen molar-refractivity contribution in [2.45, 2.75) is 13.8 Å². The molecule has 2 aromatic carbocycles. The molecule has 7 heteroatoms. The Morgan fingerprint density at radius 3 is 2.31 bits per heavy atom. The molecule has 0 bridgehead atoms. The summed E-state index contributed by atoms with van der Waals surface area (Å²) in [6, 6.07) is 14.7. The Labute approximate surface area is 167 Å². The number of rotatable bonds is 3. The second-order valence-corrected chi connectivity index (χ2v) is 6.83. The molecule has 3 aromatic rings. The minimum absolute atomic E-state index is 0.149. The Balaban J connectivity index is 1.90. The molecule has 1 aliphatic heterocycles. The zero-order chi connectivity index (χ0) is 20.5. The lowest BCUT2D eigenvalue weighted by atomic mass is 9.99.